The quantitative estimate of drug-likeness (QED) is 0.566. The number of carbonyl (C=O) groups is 2. The molecule has 0 saturated carbocycles. The summed E-state index contributed by atoms with van der Waals surface area (Å²) in [5, 5.41) is 2.34. The zero-order valence-corrected chi connectivity index (χ0v) is 12.4. The number of hydrogen-bond acceptors (Lipinski definition) is 4. The summed E-state index contributed by atoms with van der Waals surface area (Å²) in [5.74, 6) is -0.0730. The van der Waals surface area contributed by atoms with E-state index in [-0.39, 0.29) is 17.6 Å². The van der Waals surface area contributed by atoms with Gasteiger partial charge in [0.2, 0.25) is 5.91 Å². The van der Waals surface area contributed by atoms with Crippen molar-refractivity contribution in [3.05, 3.63) is 29.3 Å². The van der Waals surface area contributed by atoms with E-state index in [2.05, 4.69) is 16.2 Å². The van der Waals surface area contributed by atoms with E-state index in [9.17, 15) is 9.59 Å². The normalized spacial score (nSPS) is 9.55. The third-order valence-corrected chi connectivity index (χ3v) is 2.50. The van der Waals surface area contributed by atoms with Gasteiger partial charge in [0.15, 0.2) is 11.7 Å². The molecule has 2 amide bonds. The van der Waals surface area contributed by atoms with E-state index in [1.807, 2.05) is 32.0 Å². The van der Waals surface area contributed by atoms with Crippen molar-refractivity contribution in [3.8, 4) is 5.75 Å². The molecule has 7 heteroatoms. The minimum atomic E-state index is -0.405. The molecule has 0 saturated heterocycles. The standard InChI is InChI=1S/C13H17N3O3S/c1-8-4-5-11(9(2)6-8)19-7-12(18)15-16-13(20)14-10(3)17/h4-6H,7H2,1-3H3,(H,15,18)(H2,14,16,17,20). The number of hydrazine groups is 1. The molecule has 108 valence electrons. The molecule has 0 heterocycles. The Bertz CT molecular complexity index is 532. The van der Waals surface area contributed by atoms with Gasteiger partial charge in [-0.1, -0.05) is 17.7 Å². The second kappa shape index (κ2) is 7.44. The van der Waals surface area contributed by atoms with Gasteiger partial charge in [-0.25, -0.2) is 0 Å². The third kappa shape index (κ3) is 5.66. The van der Waals surface area contributed by atoms with Crippen molar-refractivity contribution < 1.29 is 14.3 Å². The van der Waals surface area contributed by atoms with Crippen LogP contribution in [0.2, 0.25) is 0 Å². The highest BCUT2D eigenvalue weighted by atomic mass is 32.1. The van der Waals surface area contributed by atoms with Crippen LogP contribution >= 0.6 is 12.2 Å². The Labute approximate surface area is 122 Å². The highest BCUT2D eigenvalue weighted by Crippen LogP contribution is 2.18. The van der Waals surface area contributed by atoms with Crippen molar-refractivity contribution in [2.24, 2.45) is 0 Å². The van der Waals surface area contributed by atoms with Crippen LogP contribution in [0.4, 0.5) is 0 Å². The molecule has 0 fully saturated rings. The smallest absolute Gasteiger partial charge is 0.276 e. The lowest BCUT2D eigenvalue weighted by Gasteiger charge is -2.11. The van der Waals surface area contributed by atoms with Crippen molar-refractivity contribution in [2.45, 2.75) is 20.8 Å². The lowest BCUT2D eigenvalue weighted by molar-refractivity contribution is -0.124. The van der Waals surface area contributed by atoms with Crippen molar-refractivity contribution in [2.75, 3.05) is 6.61 Å². The fraction of sp³-hybridized carbons (Fsp3) is 0.308. The van der Waals surface area contributed by atoms with Crippen LogP contribution in [0.5, 0.6) is 5.75 Å². The van der Waals surface area contributed by atoms with Crippen LogP contribution in [0, 0.1) is 13.8 Å². The maximum absolute atomic E-state index is 11.5. The van der Waals surface area contributed by atoms with Crippen LogP contribution in [-0.2, 0) is 9.59 Å². The molecule has 20 heavy (non-hydrogen) atoms. The zero-order chi connectivity index (χ0) is 15.1. The van der Waals surface area contributed by atoms with E-state index in [1.54, 1.807) is 0 Å². The maximum Gasteiger partial charge on any atom is 0.276 e. The SMILES string of the molecule is CC(=O)NC(=S)NNC(=O)COc1ccc(C)cc1C. The average molecular weight is 295 g/mol. The molecular formula is C13H17N3O3S. The summed E-state index contributed by atoms with van der Waals surface area (Å²) in [5.41, 5.74) is 6.80. The van der Waals surface area contributed by atoms with Crippen LogP contribution < -0.4 is 20.9 Å². The number of carbonyl (C=O) groups excluding carboxylic acids is 2. The minimum Gasteiger partial charge on any atom is -0.483 e. The number of nitrogens with one attached hydrogen (secondary N) is 3. The molecule has 0 aliphatic carbocycles. The zero-order valence-electron chi connectivity index (χ0n) is 11.6. The Kier molecular flexibility index (Phi) is 5.92. The van der Waals surface area contributed by atoms with Crippen LogP contribution in [0.25, 0.3) is 0 Å². The largest absolute Gasteiger partial charge is 0.483 e. The number of hydrogen-bond donors (Lipinski definition) is 3. The molecule has 1 rings (SSSR count). The molecule has 0 aliphatic heterocycles. The number of benzene rings is 1. The van der Waals surface area contributed by atoms with Crippen molar-refractivity contribution >= 4 is 29.1 Å². The molecule has 1 aromatic rings. The summed E-state index contributed by atoms with van der Waals surface area (Å²) in [6.07, 6.45) is 0. The number of ether oxygens (including phenoxy) is 1. The van der Waals surface area contributed by atoms with Gasteiger partial charge in [0.05, 0.1) is 0 Å². The number of rotatable bonds is 3. The monoisotopic (exact) mass is 295 g/mol. The molecule has 0 atom stereocenters. The molecule has 0 spiro atoms. The second-order valence-electron chi connectivity index (χ2n) is 4.24. The Balaban J connectivity index is 2.36. The number of aryl methyl sites for hydroxylation is 2. The van der Waals surface area contributed by atoms with E-state index >= 15 is 0 Å². The molecule has 0 unspecified atom stereocenters. The van der Waals surface area contributed by atoms with E-state index in [4.69, 9.17) is 17.0 Å². The summed E-state index contributed by atoms with van der Waals surface area (Å²) in [4.78, 5) is 22.2. The number of amides is 2. The van der Waals surface area contributed by atoms with Crippen LogP contribution in [0.3, 0.4) is 0 Å². The number of thiocarbonyl (C=S) groups is 1. The van der Waals surface area contributed by atoms with Gasteiger partial charge in [-0.05, 0) is 37.7 Å². The van der Waals surface area contributed by atoms with Crippen molar-refractivity contribution in [1.29, 1.82) is 0 Å². The molecule has 6 nitrogen and oxygen atoms in total. The first-order chi connectivity index (χ1) is 9.38. The van der Waals surface area contributed by atoms with Crippen LogP contribution in [0.15, 0.2) is 18.2 Å². The highest BCUT2D eigenvalue weighted by molar-refractivity contribution is 7.80. The van der Waals surface area contributed by atoms with Gasteiger partial charge in [0, 0.05) is 6.92 Å². The summed E-state index contributed by atoms with van der Waals surface area (Å²) < 4.78 is 5.38. The summed E-state index contributed by atoms with van der Waals surface area (Å²) >= 11 is 4.76. The van der Waals surface area contributed by atoms with Crippen LogP contribution in [-0.4, -0.2) is 23.5 Å². The average Bonchev–Trinajstić information content (AvgIpc) is 2.34. The van der Waals surface area contributed by atoms with Crippen molar-refractivity contribution in [3.63, 3.8) is 0 Å². The predicted octanol–water partition coefficient (Wildman–Crippen LogP) is 0.724. The predicted molar refractivity (Wildman–Crippen MR) is 79.1 cm³/mol. The first kappa shape index (κ1) is 15.9. The Hall–Kier alpha value is -2.15. The second-order valence-corrected chi connectivity index (χ2v) is 4.65. The highest BCUT2D eigenvalue weighted by Gasteiger charge is 2.05. The minimum absolute atomic E-state index is 0.0253. The van der Waals surface area contributed by atoms with E-state index in [0.29, 0.717) is 5.75 Å². The summed E-state index contributed by atoms with van der Waals surface area (Å²) in [6, 6.07) is 5.69. The first-order valence-electron chi connectivity index (χ1n) is 5.95. The maximum atomic E-state index is 11.5. The van der Waals surface area contributed by atoms with Gasteiger partial charge in [-0.15, -0.1) is 0 Å². The lowest BCUT2D eigenvalue weighted by Crippen LogP contribution is -2.49. The Morgan fingerprint density at radius 2 is 1.95 bits per heavy atom. The molecule has 0 radical (unpaired) electrons. The Morgan fingerprint density at radius 3 is 2.55 bits per heavy atom. The van der Waals surface area contributed by atoms with Gasteiger partial charge in [-0.2, -0.15) is 0 Å². The van der Waals surface area contributed by atoms with Gasteiger partial charge in [0.1, 0.15) is 5.75 Å². The van der Waals surface area contributed by atoms with Crippen LogP contribution in [0.1, 0.15) is 18.1 Å². The van der Waals surface area contributed by atoms with E-state index in [0.717, 1.165) is 11.1 Å². The lowest BCUT2D eigenvalue weighted by atomic mass is 10.1. The molecule has 0 aliphatic rings. The summed E-state index contributed by atoms with van der Waals surface area (Å²) in [7, 11) is 0. The van der Waals surface area contributed by atoms with Crippen molar-refractivity contribution in [1.82, 2.24) is 16.2 Å². The molecule has 0 bridgehead atoms. The summed E-state index contributed by atoms with van der Waals surface area (Å²) in [6.45, 7) is 5.05. The van der Waals surface area contributed by atoms with Gasteiger partial charge in [-0.3, -0.25) is 20.4 Å². The van der Waals surface area contributed by atoms with E-state index < -0.39 is 5.91 Å². The topological polar surface area (TPSA) is 79.5 Å². The molecule has 0 aromatic heterocycles. The van der Waals surface area contributed by atoms with Gasteiger partial charge in [0.25, 0.3) is 5.91 Å². The first-order valence-corrected chi connectivity index (χ1v) is 6.36. The fourth-order valence-electron chi connectivity index (χ4n) is 1.46. The molecule has 3 N–H and O–H groups in total. The van der Waals surface area contributed by atoms with Gasteiger partial charge >= 0.3 is 0 Å². The fourth-order valence-corrected chi connectivity index (χ4v) is 1.65. The third-order valence-electron chi connectivity index (χ3n) is 2.29. The molecule has 1 aromatic carbocycles. The van der Waals surface area contributed by atoms with Gasteiger partial charge < -0.3 is 10.1 Å². The molecular weight excluding hydrogens is 278 g/mol. The van der Waals surface area contributed by atoms with E-state index in [1.165, 1.54) is 6.92 Å². The Morgan fingerprint density at radius 1 is 1.25 bits per heavy atom.